The lowest BCUT2D eigenvalue weighted by Crippen LogP contribution is -2.06. The van der Waals surface area contributed by atoms with E-state index in [-0.39, 0.29) is 0 Å². The van der Waals surface area contributed by atoms with Gasteiger partial charge < -0.3 is 0 Å². The van der Waals surface area contributed by atoms with Gasteiger partial charge in [-0.25, -0.2) is 0 Å². The molecular weight excluding hydrogens is 649 g/mol. The van der Waals surface area contributed by atoms with Gasteiger partial charge in [0.25, 0.3) is 0 Å². The van der Waals surface area contributed by atoms with Gasteiger partial charge in [-0.05, 0) is 105 Å². The largest absolute Gasteiger partial charge is 0.136 e. The van der Waals surface area contributed by atoms with E-state index in [1.807, 2.05) is 34.0 Å². The fraction of sp³-hybridized carbons (Fsp3) is 0.196. The lowest BCUT2D eigenvalue weighted by atomic mass is 9.80. The topological polar surface area (TPSA) is 0 Å². The first kappa shape index (κ1) is 30.9. The lowest BCUT2D eigenvalue weighted by Gasteiger charge is -2.16. The van der Waals surface area contributed by atoms with Crippen LogP contribution in [0.25, 0.3) is 63.6 Å². The molecule has 6 aliphatic carbocycles. The molecule has 3 aromatic rings. The van der Waals surface area contributed by atoms with E-state index in [2.05, 4.69) is 149 Å². The second-order valence-electron chi connectivity index (χ2n) is 14.4. The van der Waals surface area contributed by atoms with Crippen LogP contribution in [0.5, 0.6) is 0 Å². The van der Waals surface area contributed by atoms with Gasteiger partial charge in [-0.3, -0.25) is 0 Å². The average molecular weight is 688 g/mol. The van der Waals surface area contributed by atoms with Crippen molar-refractivity contribution in [2.45, 2.75) is 59.3 Å². The van der Waals surface area contributed by atoms with Crippen molar-refractivity contribution in [1.29, 1.82) is 0 Å². The monoisotopic (exact) mass is 687 g/mol. The normalized spacial score (nSPS) is 12.4. The predicted octanol–water partition coefficient (Wildman–Crippen LogP) is 15.0. The van der Waals surface area contributed by atoms with Crippen molar-refractivity contribution >= 4 is 64.3 Å². The zero-order valence-electron chi connectivity index (χ0n) is 28.8. The number of hydrogen-bond acceptors (Lipinski definition) is 3. The van der Waals surface area contributed by atoms with Crippen LogP contribution in [0.4, 0.5) is 0 Å². The number of hydrogen-bond donors (Lipinski definition) is 0. The minimum Gasteiger partial charge on any atom is -0.136 e. The maximum absolute atomic E-state index is 2.42. The van der Waals surface area contributed by atoms with Crippen LogP contribution in [-0.4, -0.2) is 0 Å². The molecule has 0 radical (unpaired) electrons. The first-order valence-corrected chi connectivity index (χ1v) is 20.1. The van der Waals surface area contributed by atoms with Crippen molar-refractivity contribution < 1.29 is 0 Å². The highest BCUT2D eigenvalue weighted by molar-refractivity contribution is 7.18. The Balaban J connectivity index is 1.47. The highest BCUT2D eigenvalue weighted by Gasteiger charge is 2.41. The van der Waals surface area contributed by atoms with E-state index >= 15 is 0 Å². The summed E-state index contributed by atoms with van der Waals surface area (Å²) < 4.78 is 4.13. The molecule has 0 unspecified atom stereocenters. The Labute approximate surface area is 301 Å². The van der Waals surface area contributed by atoms with Crippen LogP contribution in [0.1, 0.15) is 92.7 Å². The van der Waals surface area contributed by atoms with Crippen molar-refractivity contribution in [3.63, 3.8) is 0 Å². The summed E-state index contributed by atoms with van der Waals surface area (Å²) >= 11 is 5.62. The van der Waals surface area contributed by atoms with E-state index in [9.17, 15) is 0 Å². The summed E-state index contributed by atoms with van der Waals surface area (Å²) in [4.78, 5) is 0. The Morgan fingerprint density at radius 1 is 0.347 bits per heavy atom. The predicted molar refractivity (Wildman–Crippen MR) is 218 cm³/mol. The Morgan fingerprint density at radius 2 is 0.612 bits per heavy atom. The molecule has 0 N–H and O–H groups in total. The molecule has 0 atom stereocenters. The summed E-state index contributed by atoms with van der Waals surface area (Å²) in [6, 6.07) is 35.7. The first-order valence-electron chi connectivity index (χ1n) is 17.5. The van der Waals surface area contributed by atoms with E-state index < -0.39 is 0 Å². The lowest BCUT2D eigenvalue weighted by molar-refractivity contribution is 0.868. The van der Waals surface area contributed by atoms with Crippen LogP contribution in [0, 0.1) is 5.92 Å². The van der Waals surface area contributed by atoms with Gasteiger partial charge in [-0.15, -0.1) is 34.0 Å². The van der Waals surface area contributed by atoms with Gasteiger partial charge in [0.05, 0.1) is 36.7 Å². The minimum atomic E-state index is 0.460. The molecule has 0 nitrogen and oxygen atoms in total. The molecule has 0 fully saturated rings. The van der Waals surface area contributed by atoms with Crippen LogP contribution >= 0.6 is 34.0 Å². The van der Waals surface area contributed by atoms with E-state index in [1.165, 1.54) is 103 Å². The molecule has 0 bridgehead atoms. The molecular formula is C46H39S3+. The van der Waals surface area contributed by atoms with Crippen LogP contribution in [0.2, 0.25) is 0 Å². The molecule has 0 amide bonds. The molecule has 3 aromatic heterocycles. The molecule has 0 saturated carbocycles. The van der Waals surface area contributed by atoms with E-state index in [1.54, 1.807) is 0 Å². The molecule has 9 rings (SSSR count). The van der Waals surface area contributed by atoms with Gasteiger partial charge in [-0.2, -0.15) is 0 Å². The van der Waals surface area contributed by atoms with Gasteiger partial charge in [0.1, 0.15) is 0 Å². The van der Waals surface area contributed by atoms with Crippen molar-refractivity contribution in [2.24, 2.45) is 0 Å². The van der Waals surface area contributed by atoms with Gasteiger partial charge in [-0.1, -0.05) is 77.9 Å². The number of fused-ring (bicyclic) bond motifs is 9. The van der Waals surface area contributed by atoms with E-state index in [0.717, 1.165) is 0 Å². The van der Waals surface area contributed by atoms with E-state index in [0.29, 0.717) is 17.8 Å². The Hall–Kier alpha value is -4.15. The summed E-state index contributed by atoms with van der Waals surface area (Å²) in [6.07, 6.45) is 0. The third-order valence-electron chi connectivity index (χ3n) is 10.6. The zero-order valence-corrected chi connectivity index (χ0v) is 31.3. The Morgan fingerprint density at radius 3 is 0.878 bits per heavy atom. The molecule has 0 aliphatic heterocycles. The maximum Gasteiger partial charge on any atom is 0.0723 e. The number of rotatable bonds is 6. The highest BCUT2D eigenvalue weighted by Crippen LogP contribution is 2.57. The average Bonchev–Trinajstić information content (AvgIpc) is 3.88. The van der Waals surface area contributed by atoms with Crippen molar-refractivity contribution in [2.75, 3.05) is 0 Å². The summed E-state index contributed by atoms with van der Waals surface area (Å²) in [5.74, 6) is 2.74. The molecule has 49 heavy (non-hydrogen) atoms. The fourth-order valence-electron chi connectivity index (χ4n) is 7.95. The smallest absolute Gasteiger partial charge is 0.0723 e. The summed E-state index contributed by atoms with van der Waals surface area (Å²) in [5.41, 5.74) is 16.3. The van der Waals surface area contributed by atoms with Crippen molar-refractivity contribution in [3.8, 4) is 33.4 Å². The highest BCUT2D eigenvalue weighted by atomic mass is 32.1. The van der Waals surface area contributed by atoms with Gasteiger partial charge in [0.2, 0.25) is 0 Å². The second kappa shape index (κ2) is 11.7. The van der Waals surface area contributed by atoms with Gasteiger partial charge in [0.15, 0.2) is 0 Å². The maximum atomic E-state index is 2.42. The Bertz CT molecular complexity index is 2260. The molecule has 0 aromatic carbocycles. The fourth-order valence-corrected chi connectivity index (χ4v) is 10.8. The summed E-state index contributed by atoms with van der Waals surface area (Å²) in [5, 5.41) is 10.9. The van der Waals surface area contributed by atoms with Crippen LogP contribution in [0.15, 0.2) is 107 Å². The quantitative estimate of drug-likeness (QED) is 0.153. The summed E-state index contributed by atoms with van der Waals surface area (Å²) in [7, 11) is 0. The molecule has 0 saturated heterocycles. The Kier molecular flexibility index (Phi) is 7.39. The SMILES string of the molecule is CC(C)c1ccc2c([C+](c3c4ccc(C(C)C)ccc-4c4sccc34)c3c4ccc(C(C)C)ccc-4c4sccc34)c3ccsc3c-2cc1. The second-order valence-corrected chi connectivity index (χ2v) is 17.2. The van der Waals surface area contributed by atoms with E-state index in [4.69, 9.17) is 0 Å². The molecule has 0 spiro atoms. The molecule has 3 heterocycles. The minimum absolute atomic E-state index is 0.460. The summed E-state index contributed by atoms with van der Waals surface area (Å²) in [6.45, 7) is 13.8. The zero-order chi connectivity index (χ0) is 33.6. The molecule has 6 aliphatic rings. The third kappa shape index (κ3) is 4.70. The standard InChI is InChI=1S/C46H39S3/c1-25(2)28-7-13-31-34(16-10-28)44-37(19-22-47-44)40(31)43(41-32-14-8-29(26(3)4)11-17-35(32)45-38(41)20-23-48-45)42-33-15-9-30(27(5)6)12-18-36(33)46-39(42)21-24-49-46/h7-27H,1-6H3/q+1. The first-order chi connectivity index (χ1) is 23.8. The van der Waals surface area contributed by atoms with Crippen LogP contribution in [0.3, 0.4) is 0 Å². The molecule has 240 valence electrons. The van der Waals surface area contributed by atoms with Crippen LogP contribution in [-0.2, 0) is 0 Å². The molecule has 3 heteroatoms. The van der Waals surface area contributed by atoms with Crippen molar-refractivity contribution in [3.05, 3.63) is 146 Å². The van der Waals surface area contributed by atoms with Crippen LogP contribution < -0.4 is 0 Å². The van der Waals surface area contributed by atoms with Crippen molar-refractivity contribution in [1.82, 2.24) is 0 Å². The third-order valence-corrected chi connectivity index (χ3v) is 13.5. The van der Waals surface area contributed by atoms with Gasteiger partial charge in [0, 0.05) is 49.5 Å². The number of thiophene rings is 3. The van der Waals surface area contributed by atoms with Gasteiger partial charge >= 0.3 is 0 Å².